The summed E-state index contributed by atoms with van der Waals surface area (Å²) < 4.78 is 45.2. The number of hydrogen-bond acceptors (Lipinski definition) is 2. The quantitative estimate of drug-likeness (QED) is 0.742. The van der Waals surface area contributed by atoms with Crippen LogP contribution in [0.4, 0.5) is 13.2 Å². The summed E-state index contributed by atoms with van der Waals surface area (Å²) in [7, 11) is 0. The molecule has 0 bridgehead atoms. The lowest BCUT2D eigenvalue weighted by Crippen LogP contribution is -2.24. The Kier molecular flexibility index (Phi) is 4.04. The molecule has 1 fully saturated rings. The molecule has 130 valence electrons. The minimum atomic E-state index is -4.35. The van der Waals surface area contributed by atoms with E-state index in [1.54, 1.807) is 6.07 Å². The maximum Gasteiger partial charge on any atom is 0.416 e. The molecule has 1 N–H and O–H groups in total. The van der Waals surface area contributed by atoms with Crippen molar-refractivity contribution in [3.8, 4) is 5.75 Å². The van der Waals surface area contributed by atoms with Crippen LogP contribution in [0.1, 0.15) is 35.1 Å². The lowest BCUT2D eigenvalue weighted by molar-refractivity contribution is -0.137. The maximum atomic E-state index is 13.1. The molecule has 0 amide bonds. The van der Waals surface area contributed by atoms with Gasteiger partial charge in [-0.3, -0.25) is 0 Å². The summed E-state index contributed by atoms with van der Waals surface area (Å²) in [5, 5.41) is 3.33. The number of ether oxygens (including phenoxy) is 1. The number of nitrogens with one attached hydrogen (secondary N) is 1. The zero-order chi connectivity index (χ0) is 17.4. The molecule has 0 aliphatic carbocycles. The highest BCUT2D eigenvalue weighted by Crippen LogP contribution is 2.42. The van der Waals surface area contributed by atoms with Crippen LogP contribution in [0.5, 0.6) is 5.75 Å². The van der Waals surface area contributed by atoms with E-state index in [9.17, 15) is 13.2 Å². The van der Waals surface area contributed by atoms with Crippen LogP contribution in [-0.4, -0.2) is 13.1 Å². The van der Waals surface area contributed by atoms with Crippen molar-refractivity contribution >= 4 is 5.57 Å². The first kappa shape index (κ1) is 16.2. The van der Waals surface area contributed by atoms with Gasteiger partial charge >= 0.3 is 6.18 Å². The number of alkyl halides is 3. The first-order valence-corrected chi connectivity index (χ1v) is 8.39. The van der Waals surface area contributed by atoms with Gasteiger partial charge in [-0.1, -0.05) is 29.8 Å². The van der Waals surface area contributed by atoms with Crippen LogP contribution in [0.3, 0.4) is 0 Å². The highest BCUT2D eigenvalue weighted by atomic mass is 19.4. The van der Waals surface area contributed by atoms with Crippen LogP contribution < -0.4 is 10.1 Å². The molecule has 5 heteroatoms. The lowest BCUT2D eigenvalue weighted by atomic mass is 9.86. The zero-order valence-electron chi connectivity index (χ0n) is 13.6. The van der Waals surface area contributed by atoms with Gasteiger partial charge in [-0.25, -0.2) is 0 Å². The van der Waals surface area contributed by atoms with Crippen LogP contribution >= 0.6 is 0 Å². The summed E-state index contributed by atoms with van der Waals surface area (Å²) in [5.74, 6) is 0.730. The fourth-order valence-electron chi connectivity index (χ4n) is 3.59. The maximum absolute atomic E-state index is 13.1. The topological polar surface area (TPSA) is 21.3 Å². The number of hydrogen-bond donors (Lipinski definition) is 1. The van der Waals surface area contributed by atoms with E-state index in [0.717, 1.165) is 48.4 Å². The Morgan fingerprint density at radius 2 is 1.68 bits per heavy atom. The smallest absolute Gasteiger partial charge is 0.416 e. The van der Waals surface area contributed by atoms with Gasteiger partial charge < -0.3 is 10.1 Å². The van der Waals surface area contributed by atoms with Gasteiger partial charge in [0.2, 0.25) is 0 Å². The van der Waals surface area contributed by atoms with Gasteiger partial charge in [0.15, 0.2) is 0 Å². The highest BCUT2D eigenvalue weighted by Gasteiger charge is 2.32. The number of piperidine rings is 1. The van der Waals surface area contributed by atoms with Gasteiger partial charge in [0.25, 0.3) is 0 Å². The first-order chi connectivity index (χ1) is 12.0. The second-order valence-corrected chi connectivity index (χ2v) is 6.38. The average molecular weight is 345 g/mol. The van der Waals surface area contributed by atoms with E-state index in [2.05, 4.69) is 5.32 Å². The predicted octanol–water partition coefficient (Wildman–Crippen LogP) is 4.78. The Labute approximate surface area is 144 Å². The lowest BCUT2D eigenvalue weighted by Gasteiger charge is -2.22. The fourth-order valence-corrected chi connectivity index (χ4v) is 3.59. The number of benzene rings is 2. The molecule has 0 radical (unpaired) electrons. The van der Waals surface area contributed by atoms with Gasteiger partial charge in [-0.2, -0.15) is 13.2 Å². The highest BCUT2D eigenvalue weighted by molar-refractivity contribution is 5.87. The van der Waals surface area contributed by atoms with E-state index in [4.69, 9.17) is 4.74 Å². The van der Waals surface area contributed by atoms with Crippen LogP contribution in [-0.2, 0) is 12.8 Å². The minimum absolute atomic E-state index is 0.144. The van der Waals surface area contributed by atoms with Crippen LogP contribution in [0.25, 0.3) is 5.57 Å². The van der Waals surface area contributed by atoms with Crippen molar-refractivity contribution in [3.63, 3.8) is 0 Å². The van der Waals surface area contributed by atoms with Crippen molar-refractivity contribution in [3.05, 3.63) is 70.3 Å². The molecular weight excluding hydrogens is 327 g/mol. The second-order valence-electron chi connectivity index (χ2n) is 6.38. The molecule has 2 aliphatic rings. The van der Waals surface area contributed by atoms with Crippen molar-refractivity contribution < 1.29 is 17.9 Å². The van der Waals surface area contributed by atoms with Gasteiger partial charge in [0.1, 0.15) is 12.4 Å². The van der Waals surface area contributed by atoms with Crippen molar-refractivity contribution in [2.24, 2.45) is 0 Å². The summed E-state index contributed by atoms with van der Waals surface area (Å²) in [5.41, 5.74) is 4.10. The van der Waals surface area contributed by atoms with Crippen molar-refractivity contribution in [2.45, 2.75) is 25.6 Å². The summed E-state index contributed by atoms with van der Waals surface area (Å²) in [6.45, 7) is 1.92. The number of halogens is 3. The summed E-state index contributed by atoms with van der Waals surface area (Å²) in [4.78, 5) is 0. The van der Waals surface area contributed by atoms with E-state index >= 15 is 0 Å². The molecule has 2 aromatic carbocycles. The summed E-state index contributed by atoms with van der Waals surface area (Å²) in [6.07, 6.45) is -2.56. The van der Waals surface area contributed by atoms with E-state index in [1.807, 2.05) is 24.3 Å². The Balaban J connectivity index is 1.93. The third kappa shape index (κ3) is 3.04. The molecule has 2 nitrogen and oxygen atoms in total. The monoisotopic (exact) mass is 345 g/mol. The SMILES string of the molecule is FC(F)(F)c1ccc2c(c1)COc1ccccc1C2=C1CCNCC1. The van der Waals surface area contributed by atoms with Gasteiger partial charge in [-0.15, -0.1) is 0 Å². The molecule has 0 aromatic heterocycles. The molecule has 1 saturated heterocycles. The molecule has 0 saturated carbocycles. The standard InChI is InChI=1S/C20H18F3NO/c21-20(22,23)15-5-6-16-14(11-15)12-25-18-4-2-1-3-17(18)19(16)13-7-9-24-10-8-13/h1-6,11,24H,7-10,12H2. The van der Waals surface area contributed by atoms with E-state index in [1.165, 1.54) is 17.7 Å². The molecule has 2 aliphatic heterocycles. The molecule has 4 rings (SSSR count). The molecule has 0 spiro atoms. The van der Waals surface area contributed by atoms with Crippen LogP contribution in [0.2, 0.25) is 0 Å². The van der Waals surface area contributed by atoms with Crippen molar-refractivity contribution in [1.29, 1.82) is 0 Å². The van der Waals surface area contributed by atoms with Gasteiger partial charge in [0, 0.05) is 5.56 Å². The number of rotatable bonds is 0. The van der Waals surface area contributed by atoms with E-state index in [0.29, 0.717) is 5.56 Å². The Morgan fingerprint density at radius 1 is 0.920 bits per heavy atom. The second kappa shape index (κ2) is 6.23. The largest absolute Gasteiger partial charge is 0.488 e. The van der Waals surface area contributed by atoms with E-state index in [-0.39, 0.29) is 6.61 Å². The molecular formula is C20H18F3NO. The van der Waals surface area contributed by atoms with Crippen LogP contribution in [0, 0.1) is 0 Å². The molecule has 25 heavy (non-hydrogen) atoms. The molecule has 0 unspecified atom stereocenters. The average Bonchev–Trinajstić information content (AvgIpc) is 2.78. The summed E-state index contributed by atoms with van der Waals surface area (Å²) in [6, 6.07) is 11.7. The minimum Gasteiger partial charge on any atom is -0.488 e. The number of para-hydroxylation sites is 1. The molecule has 0 atom stereocenters. The third-order valence-corrected chi connectivity index (χ3v) is 4.80. The van der Waals surface area contributed by atoms with E-state index < -0.39 is 11.7 Å². The Morgan fingerprint density at radius 3 is 2.44 bits per heavy atom. The van der Waals surface area contributed by atoms with Gasteiger partial charge in [-0.05, 0) is 60.8 Å². The fraction of sp³-hybridized carbons (Fsp3) is 0.300. The molecule has 2 aromatic rings. The van der Waals surface area contributed by atoms with Crippen molar-refractivity contribution in [2.75, 3.05) is 13.1 Å². The predicted molar refractivity (Wildman–Crippen MR) is 90.3 cm³/mol. The molecule has 2 heterocycles. The normalized spacial score (nSPS) is 17.4. The van der Waals surface area contributed by atoms with Gasteiger partial charge in [0.05, 0.1) is 5.56 Å². The number of fused-ring (bicyclic) bond motifs is 2. The first-order valence-electron chi connectivity index (χ1n) is 8.39. The third-order valence-electron chi connectivity index (χ3n) is 4.80. The van der Waals surface area contributed by atoms with Crippen molar-refractivity contribution in [1.82, 2.24) is 5.32 Å². The Bertz CT molecular complexity index is 831. The van der Waals surface area contributed by atoms with Crippen LogP contribution in [0.15, 0.2) is 48.0 Å². The Hall–Kier alpha value is -2.27. The zero-order valence-corrected chi connectivity index (χ0v) is 13.6. The summed E-state index contributed by atoms with van der Waals surface area (Å²) >= 11 is 0.